The minimum absolute atomic E-state index is 0.0597. The molecule has 2 aromatic carbocycles. The number of β-amino-alcohol motifs (C(OH)–C–C–N with tert-alkyl or cyclic N) is 1. The molecule has 20 atom stereocenters. The molecule has 0 aromatic heterocycles. The highest BCUT2D eigenvalue weighted by Gasteiger charge is 2.50. The average Bonchev–Trinajstić information content (AvgIpc) is 1.53. The zero-order chi connectivity index (χ0) is 81.4. The second-order valence-corrected chi connectivity index (χ2v) is 28.0. The summed E-state index contributed by atoms with van der Waals surface area (Å²) in [6, 6.07) is -11.3. The fourth-order valence-corrected chi connectivity index (χ4v) is 12.2. The van der Waals surface area contributed by atoms with E-state index in [2.05, 4.69) is 31.9 Å². The largest absolute Gasteiger partial charge is 0.507 e. The Balaban J connectivity index is 1.39. The van der Waals surface area contributed by atoms with E-state index in [9.17, 15) is 119 Å². The lowest BCUT2D eigenvalue weighted by Gasteiger charge is -2.37. The van der Waals surface area contributed by atoms with E-state index < -0.39 is 240 Å². The minimum Gasteiger partial charge on any atom is -0.507 e. The summed E-state index contributed by atoms with van der Waals surface area (Å²) < 4.78 is 18.2. The molecule has 21 N–H and O–H groups in total. The van der Waals surface area contributed by atoms with E-state index in [-0.39, 0.29) is 70.8 Å². The number of anilines is 1. The van der Waals surface area contributed by atoms with Gasteiger partial charge >= 0.3 is 11.8 Å². The predicted molar refractivity (Wildman–Crippen MR) is 380 cm³/mol. The summed E-state index contributed by atoms with van der Waals surface area (Å²) in [5.41, 5.74) is -0.619. The lowest BCUT2D eigenvalue weighted by atomic mass is 9.72. The number of aliphatic hydroxyl groups is 8. The lowest BCUT2D eigenvalue weighted by molar-refractivity contribution is -0.148. The zero-order valence-electron chi connectivity index (χ0n) is 62.1. The van der Waals surface area contributed by atoms with Gasteiger partial charge in [0.1, 0.15) is 59.7 Å². The summed E-state index contributed by atoms with van der Waals surface area (Å²) in [6.45, 7) is 14.1. The number of allylic oxidation sites excluding steroid dienone is 2. The van der Waals surface area contributed by atoms with Crippen LogP contribution in [0.4, 0.5) is 5.69 Å². The minimum atomic E-state index is -2.67. The van der Waals surface area contributed by atoms with Gasteiger partial charge in [-0.2, -0.15) is 0 Å². The molecule has 1 fully saturated rings. The molecule has 598 valence electrons. The molecule has 2 aromatic rings. The number of carbonyl (C=O) groups excluding carboxylic acids is 12. The highest BCUT2D eigenvalue weighted by molar-refractivity contribution is 6.22. The van der Waals surface area contributed by atoms with Gasteiger partial charge in [0.25, 0.3) is 29.4 Å². The summed E-state index contributed by atoms with van der Waals surface area (Å²) in [5, 5.41) is 142. The van der Waals surface area contributed by atoms with Crippen LogP contribution in [0.1, 0.15) is 105 Å². The smallest absolute Gasteiger partial charge is 0.336 e. The number of fused-ring (bicyclic) bond motifs is 14. The topological polar surface area (TPSA) is 592 Å². The van der Waals surface area contributed by atoms with Crippen molar-refractivity contribution in [3.63, 3.8) is 0 Å². The van der Waals surface area contributed by atoms with Crippen LogP contribution >= 0.6 is 0 Å². The maximum absolute atomic E-state index is 14.8. The van der Waals surface area contributed by atoms with Crippen molar-refractivity contribution in [1.29, 1.82) is 0 Å². The number of ketones is 3. The Hall–Kier alpha value is -9.73. The first-order chi connectivity index (χ1) is 50.5. The third-order valence-corrected chi connectivity index (χ3v) is 19.8. The number of phenols is 2. The SMILES string of the molecule is CC(=O)C(O)C(O)C1NC(=O)C(C(C)C)CC(=O)C(CO)NC(=O)C(CNC(=O)C(C)NCCNC(=O)COc2cc3c(O)c4c(O)c(C)c5c(c24)C(=O)[C@@](C)(O/C=C/[C@H](CO)[C@@H](C)[C@@H](C)[C@H](C)[C@H](O)[C@H](C)[C@@H](O)[C@@H](C)/C=C/C=C(/C)C(=O)N3)O5)NC(=O)C(C(=O)O)NC(=O)C(O)CNC(=O)C(C(C)O)NC1=O. The third-order valence-electron chi connectivity index (χ3n) is 19.8. The van der Waals surface area contributed by atoms with Crippen LogP contribution in [0.15, 0.2) is 42.2 Å². The van der Waals surface area contributed by atoms with Crippen LogP contribution in [0.2, 0.25) is 0 Å². The Morgan fingerprint density at radius 2 is 1.35 bits per heavy atom. The molecule has 4 aliphatic heterocycles. The van der Waals surface area contributed by atoms with Crippen LogP contribution in [-0.4, -0.2) is 257 Å². The van der Waals surface area contributed by atoms with Crippen LogP contribution in [0.25, 0.3) is 10.8 Å². The van der Waals surface area contributed by atoms with E-state index in [0.29, 0.717) is 0 Å². The average molecular weight is 1530 g/mol. The van der Waals surface area contributed by atoms with Crippen molar-refractivity contribution in [2.24, 2.45) is 47.3 Å². The number of phenolic OH excluding ortho intramolecular Hbond substituents is 2. The molecule has 1 saturated heterocycles. The predicted octanol–water partition coefficient (Wildman–Crippen LogP) is -4.15. The van der Waals surface area contributed by atoms with E-state index in [1.165, 1.54) is 66.0 Å². The summed E-state index contributed by atoms with van der Waals surface area (Å²) in [7, 11) is 0. The summed E-state index contributed by atoms with van der Waals surface area (Å²) in [5.74, 6) is -25.7. The molecule has 0 spiro atoms. The summed E-state index contributed by atoms with van der Waals surface area (Å²) >= 11 is 0. The highest BCUT2D eigenvalue weighted by Crippen LogP contribution is 2.54. The second-order valence-electron chi connectivity index (χ2n) is 28.0. The van der Waals surface area contributed by atoms with Gasteiger partial charge in [-0.3, -0.25) is 57.5 Å². The van der Waals surface area contributed by atoms with Crippen molar-refractivity contribution >= 4 is 92.9 Å². The van der Waals surface area contributed by atoms with E-state index >= 15 is 0 Å². The normalized spacial score (nSPS) is 30.1. The van der Waals surface area contributed by atoms with Gasteiger partial charge in [-0.15, -0.1) is 0 Å². The Labute approximate surface area is 621 Å². The molecule has 4 aliphatic rings. The van der Waals surface area contributed by atoms with Crippen molar-refractivity contribution in [1.82, 2.24) is 47.9 Å². The van der Waals surface area contributed by atoms with Crippen LogP contribution in [0.5, 0.6) is 23.0 Å². The molecule has 9 amide bonds. The molecule has 5 bridgehead atoms. The number of ether oxygens (including phenoxy) is 3. The van der Waals surface area contributed by atoms with Crippen LogP contribution in [0.3, 0.4) is 0 Å². The molecular formula is C71H102N10O27. The number of carbonyl (C=O) groups is 13. The van der Waals surface area contributed by atoms with Crippen LogP contribution < -0.4 is 62.6 Å². The van der Waals surface area contributed by atoms with Crippen molar-refractivity contribution < 1.29 is 133 Å². The Bertz CT molecular complexity index is 3810. The fourth-order valence-electron chi connectivity index (χ4n) is 12.2. The number of hydrogen-bond acceptors (Lipinski definition) is 27. The monoisotopic (exact) mass is 1530 g/mol. The van der Waals surface area contributed by atoms with E-state index in [1.807, 2.05) is 36.7 Å². The molecule has 6 rings (SSSR count). The molecule has 0 saturated carbocycles. The molecular weight excluding hydrogens is 1420 g/mol. The second kappa shape index (κ2) is 38.9. The Kier molecular flexibility index (Phi) is 32.0. The fraction of sp³-hybridized carbons (Fsp3) is 0.592. The first kappa shape index (κ1) is 88.9. The van der Waals surface area contributed by atoms with Gasteiger partial charge in [0.15, 0.2) is 23.9 Å². The maximum Gasteiger partial charge on any atom is 0.336 e. The van der Waals surface area contributed by atoms with Gasteiger partial charge in [-0.25, -0.2) is 4.79 Å². The Morgan fingerprint density at radius 3 is 1.95 bits per heavy atom. The van der Waals surface area contributed by atoms with Gasteiger partial charge in [0.05, 0.1) is 60.4 Å². The number of aromatic hydroxyl groups is 2. The number of hydrogen-bond donors (Lipinski definition) is 21. The highest BCUT2D eigenvalue weighted by atomic mass is 16.7. The molecule has 37 nitrogen and oxygen atoms in total. The summed E-state index contributed by atoms with van der Waals surface area (Å²) in [6.07, 6.45) is -4.66. The van der Waals surface area contributed by atoms with Crippen LogP contribution in [0, 0.1) is 54.3 Å². The molecule has 0 aliphatic carbocycles. The van der Waals surface area contributed by atoms with Gasteiger partial charge in [-0.05, 0) is 64.4 Å². The van der Waals surface area contributed by atoms with Gasteiger partial charge in [0, 0.05) is 85.8 Å². The molecule has 11 unspecified atom stereocenters. The van der Waals surface area contributed by atoms with E-state index in [4.69, 9.17) is 14.2 Å². The number of aliphatic carboxylic acids is 1. The first-order valence-corrected chi connectivity index (χ1v) is 35.0. The first-order valence-electron chi connectivity index (χ1n) is 35.0. The molecule has 37 heteroatoms. The Morgan fingerprint density at radius 1 is 0.713 bits per heavy atom. The number of Topliss-reactive ketones (excluding diaryl/α,β-unsaturated/α-hetero) is 3. The van der Waals surface area contributed by atoms with Crippen LogP contribution in [-0.2, 0) is 62.3 Å². The van der Waals surface area contributed by atoms with Crippen molar-refractivity contribution in [2.45, 2.75) is 175 Å². The molecule has 0 radical (unpaired) electrons. The quantitative estimate of drug-likeness (QED) is 0.0383. The number of benzene rings is 2. The zero-order valence-corrected chi connectivity index (χ0v) is 62.1. The van der Waals surface area contributed by atoms with Gasteiger partial charge < -0.3 is 124 Å². The number of amides is 9. The van der Waals surface area contributed by atoms with Crippen molar-refractivity contribution in [3.8, 4) is 23.0 Å². The summed E-state index contributed by atoms with van der Waals surface area (Å²) in [4.78, 5) is 177. The van der Waals surface area contributed by atoms with Gasteiger partial charge in [-0.1, -0.05) is 66.7 Å². The number of carboxylic acid groups (broad SMARTS) is 1. The molecule has 108 heavy (non-hydrogen) atoms. The standard InChI is InChI=1S/C71H102N10O27/c1-28(2)40-21-44(86)43(26-83)78-65(99)42(77-69(103)53(70(104)105)81-66(100)45(87)24-75-67(101)51(37(11)84)79-68(102)52(80-64(40)98)59(94)57(92)38(12)85)23-74-63(97)36(10)72-18-19-73-47(88)27-106-46-22-41-58(93)49-48(46)50-60(35(9)56(49)91)108-71(13,61(50)95)107-20-17-39(25-82)32(6)31(5)33(7)55(90)34(8)54(89)29(3)15-14-16-30(4)62(96)76-41/h14-17,20,22,28-29,31-34,36-37,39-40,42-43,45,51-55,57,59,72,82-84,87,89-94H,18-19,21,23-27H2,1-13H3,(H,73,88)(H,74,97)(H,75,101)(H,76,96)(H,77,103)(H,78,99)(H,79,102)(H,80,98)(H,81,100)(H,104,105)/b15-14+,20-17+,30-16-/t29-,31+,32-,33-,34+,36?,37?,39+,40?,42?,43?,45?,51?,52?,53?,54-,55-,57?,59?,71-/m0/s1. The van der Waals surface area contributed by atoms with Crippen molar-refractivity contribution in [2.75, 3.05) is 51.3 Å². The third kappa shape index (κ3) is 21.8. The maximum atomic E-state index is 14.8. The van der Waals surface area contributed by atoms with Gasteiger partial charge in [0.2, 0.25) is 35.6 Å². The number of nitrogens with one attached hydrogen (secondary N) is 10. The number of aliphatic hydroxyl groups excluding tert-OH is 8. The van der Waals surface area contributed by atoms with E-state index in [0.717, 1.165) is 19.9 Å². The lowest BCUT2D eigenvalue weighted by Crippen LogP contribution is -2.63. The van der Waals surface area contributed by atoms with E-state index in [1.54, 1.807) is 25.2 Å². The number of carboxylic acids is 1. The number of rotatable bonds is 18. The molecule has 4 heterocycles. The van der Waals surface area contributed by atoms with Crippen molar-refractivity contribution in [3.05, 3.63) is 53.3 Å².